The smallest absolute Gasteiger partial charge is 0.253 e. The van der Waals surface area contributed by atoms with Gasteiger partial charge in [-0.25, -0.2) is 0 Å². The van der Waals surface area contributed by atoms with Crippen LogP contribution in [0.3, 0.4) is 0 Å². The molecule has 1 aromatic rings. The lowest BCUT2D eigenvalue weighted by molar-refractivity contribution is 0.0925. The van der Waals surface area contributed by atoms with Gasteiger partial charge in [-0.2, -0.15) is 0 Å². The van der Waals surface area contributed by atoms with Gasteiger partial charge in [0.25, 0.3) is 5.91 Å². The first kappa shape index (κ1) is 15.8. The first-order valence-corrected chi connectivity index (χ1v) is 7.90. The molecule has 0 aliphatic carbocycles. The first-order chi connectivity index (χ1) is 10.2. The van der Waals surface area contributed by atoms with Crippen molar-refractivity contribution in [2.45, 2.75) is 33.1 Å². The molecule has 0 atom stereocenters. The molecule has 1 aromatic carbocycles. The zero-order chi connectivity index (χ0) is 15.1. The minimum Gasteiger partial charge on any atom is -0.384 e. The number of hydrogen-bond donors (Lipinski definition) is 2. The molecule has 1 aliphatic rings. The maximum Gasteiger partial charge on any atom is 0.253 e. The van der Waals surface area contributed by atoms with Crippen molar-refractivity contribution < 1.29 is 9.53 Å². The van der Waals surface area contributed by atoms with E-state index in [1.807, 2.05) is 12.1 Å². The third-order valence-electron chi connectivity index (χ3n) is 3.52. The van der Waals surface area contributed by atoms with Gasteiger partial charge in [-0.1, -0.05) is 26.0 Å². The van der Waals surface area contributed by atoms with Crippen molar-refractivity contribution in [2.24, 2.45) is 5.92 Å². The largest absolute Gasteiger partial charge is 0.384 e. The number of nitrogens with one attached hydrogen (secondary N) is 2. The van der Waals surface area contributed by atoms with Gasteiger partial charge in [0.1, 0.15) is 0 Å². The molecule has 0 unspecified atom stereocenters. The van der Waals surface area contributed by atoms with E-state index in [2.05, 4.69) is 30.5 Å². The van der Waals surface area contributed by atoms with Crippen molar-refractivity contribution in [3.63, 3.8) is 0 Å². The molecular formula is C17H26N2O2. The Bertz CT molecular complexity index is 472. The maximum absolute atomic E-state index is 12.3. The Kier molecular flexibility index (Phi) is 6.05. The molecule has 21 heavy (non-hydrogen) atoms. The molecule has 116 valence electrons. The number of rotatable bonds is 7. The average molecular weight is 290 g/mol. The lowest BCUT2D eigenvalue weighted by Gasteiger charge is -2.20. The molecule has 2 N–H and O–H groups in total. The normalized spacial score (nSPS) is 13.7. The lowest BCUT2D eigenvalue weighted by atomic mass is 9.99. The summed E-state index contributed by atoms with van der Waals surface area (Å²) in [5.41, 5.74) is 3.02. The van der Waals surface area contributed by atoms with Crippen molar-refractivity contribution in [3.05, 3.63) is 29.3 Å². The Hall–Kier alpha value is -1.55. The number of ether oxygens (including phenoxy) is 1. The highest BCUT2D eigenvalue weighted by Crippen LogP contribution is 2.25. The van der Waals surface area contributed by atoms with Gasteiger partial charge in [0.15, 0.2) is 0 Å². The van der Waals surface area contributed by atoms with Gasteiger partial charge in [0, 0.05) is 26.3 Å². The van der Waals surface area contributed by atoms with Crippen LogP contribution in [0.1, 0.15) is 42.6 Å². The highest BCUT2D eigenvalue weighted by Gasteiger charge is 2.16. The quantitative estimate of drug-likeness (QED) is 0.759. The molecular weight excluding hydrogens is 264 g/mol. The Morgan fingerprint density at radius 2 is 2.29 bits per heavy atom. The summed E-state index contributed by atoms with van der Waals surface area (Å²) in [5, 5.41) is 6.33. The number of fused-ring (bicyclic) bond motifs is 1. The zero-order valence-electron chi connectivity index (χ0n) is 13.1. The summed E-state index contributed by atoms with van der Waals surface area (Å²) in [4.78, 5) is 12.3. The Balaban J connectivity index is 1.79. The monoisotopic (exact) mass is 290 g/mol. The van der Waals surface area contributed by atoms with Crippen molar-refractivity contribution in [3.8, 4) is 0 Å². The van der Waals surface area contributed by atoms with Crippen LogP contribution >= 0.6 is 0 Å². The highest BCUT2D eigenvalue weighted by molar-refractivity contribution is 6.00. The Morgan fingerprint density at radius 3 is 3.10 bits per heavy atom. The number of aryl methyl sites for hydroxylation is 1. The van der Waals surface area contributed by atoms with Gasteiger partial charge in [0.05, 0.1) is 11.3 Å². The van der Waals surface area contributed by atoms with Gasteiger partial charge in [-0.15, -0.1) is 0 Å². The highest BCUT2D eigenvalue weighted by atomic mass is 16.5. The number of benzene rings is 1. The van der Waals surface area contributed by atoms with Gasteiger partial charge in [-0.3, -0.25) is 4.79 Å². The summed E-state index contributed by atoms with van der Waals surface area (Å²) in [6, 6.07) is 5.95. The zero-order valence-corrected chi connectivity index (χ0v) is 13.1. The van der Waals surface area contributed by atoms with Crippen molar-refractivity contribution >= 4 is 11.6 Å². The van der Waals surface area contributed by atoms with Crippen LogP contribution < -0.4 is 10.6 Å². The molecule has 2 rings (SSSR count). The minimum atomic E-state index is 0.00473. The predicted molar refractivity (Wildman–Crippen MR) is 85.9 cm³/mol. The standard InChI is InChI=1S/C17H26N2O2/c1-13(2)12-21-11-5-10-19-17(20)15-8-3-6-14-7-4-9-18-16(14)15/h3,6,8,13,18H,4-5,7,9-12H2,1-2H3,(H,19,20). The molecule has 0 spiro atoms. The SMILES string of the molecule is CC(C)COCCCNC(=O)c1cccc2c1NCCC2. The summed E-state index contributed by atoms with van der Waals surface area (Å²) >= 11 is 0. The number of amides is 1. The van der Waals surface area contributed by atoms with Crippen LogP contribution in [0.15, 0.2) is 18.2 Å². The summed E-state index contributed by atoms with van der Waals surface area (Å²) < 4.78 is 5.51. The van der Waals surface area contributed by atoms with E-state index < -0.39 is 0 Å². The first-order valence-electron chi connectivity index (χ1n) is 7.90. The van der Waals surface area contributed by atoms with E-state index in [1.54, 1.807) is 0 Å². The lowest BCUT2D eigenvalue weighted by Crippen LogP contribution is -2.27. The fraction of sp³-hybridized carbons (Fsp3) is 0.588. The molecule has 4 nitrogen and oxygen atoms in total. The number of hydrogen-bond acceptors (Lipinski definition) is 3. The summed E-state index contributed by atoms with van der Waals surface area (Å²) in [6.07, 6.45) is 3.03. The Labute approximate surface area is 127 Å². The second kappa shape index (κ2) is 8.03. The molecule has 0 radical (unpaired) electrons. The number of carbonyl (C=O) groups is 1. The van der Waals surface area contributed by atoms with E-state index in [4.69, 9.17) is 4.74 Å². The van der Waals surface area contributed by atoms with Crippen LogP contribution in [0.5, 0.6) is 0 Å². The number of carbonyl (C=O) groups excluding carboxylic acids is 1. The van der Waals surface area contributed by atoms with Crippen LogP contribution in [0, 0.1) is 5.92 Å². The van der Waals surface area contributed by atoms with E-state index in [0.717, 1.165) is 43.7 Å². The predicted octanol–water partition coefficient (Wildman–Crippen LogP) is 2.84. The van der Waals surface area contributed by atoms with Crippen LogP contribution in [-0.2, 0) is 11.2 Å². The molecule has 0 saturated heterocycles. The summed E-state index contributed by atoms with van der Waals surface area (Å²) in [6.45, 7) is 7.34. The molecule has 0 bridgehead atoms. The third-order valence-corrected chi connectivity index (χ3v) is 3.52. The molecule has 0 saturated carbocycles. The topological polar surface area (TPSA) is 50.4 Å². The van der Waals surface area contributed by atoms with Crippen LogP contribution in [-0.4, -0.2) is 32.2 Å². The average Bonchev–Trinajstić information content (AvgIpc) is 2.49. The van der Waals surface area contributed by atoms with Crippen LogP contribution in [0.4, 0.5) is 5.69 Å². The van der Waals surface area contributed by atoms with Crippen LogP contribution in [0.2, 0.25) is 0 Å². The van der Waals surface area contributed by atoms with Crippen molar-refractivity contribution in [1.82, 2.24) is 5.32 Å². The second-order valence-electron chi connectivity index (χ2n) is 5.95. The molecule has 1 heterocycles. The van der Waals surface area contributed by atoms with E-state index >= 15 is 0 Å². The molecule has 0 fully saturated rings. The molecule has 0 aromatic heterocycles. The number of anilines is 1. The van der Waals surface area contributed by atoms with Gasteiger partial charge in [0.2, 0.25) is 0 Å². The van der Waals surface area contributed by atoms with Crippen molar-refractivity contribution in [1.29, 1.82) is 0 Å². The molecule has 1 amide bonds. The Morgan fingerprint density at radius 1 is 1.43 bits per heavy atom. The molecule has 4 heteroatoms. The van der Waals surface area contributed by atoms with E-state index in [1.165, 1.54) is 5.56 Å². The minimum absolute atomic E-state index is 0.00473. The van der Waals surface area contributed by atoms with Gasteiger partial charge in [-0.05, 0) is 36.8 Å². The maximum atomic E-state index is 12.3. The van der Waals surface area contributed by atoms with E-state index in [9.17, 15) is 4.79 Å². The fourth-order valence-corrected chi connectivity index (χ4v) is 2.49. The summed E-state index contributed by atoms with van der Waals surface area (Å²) in [7, 11) is 0. The van der Waals surface area contributed by atoms with Crippen molar-refractivity contribution in [2.75, 3.05) is 31.6 Å². The number of para-hydroxylation sites is 1. The van der Waals surface area contributed by atoms with E-state index in [-0.39, 0.29) is 5.91 Å². The second-order valence-corrected chi connectivity index (χ2v) is 5.95. The van der Waals surface area contributed by atoms with Crippen LogP contribution in [0.25, 0.3) is 0 Å². The van der Waals surface area contributed by atoms with Gasteiger partial charge >= 0.3 is 0 Å². The molecule has 1 aliphatic heterocycles. The van der Waals surface area contributed by atoms with E-state index in [0.29, 0.717) is 19.1 Å². The fourth-order valence-electron chi connectivity index (χ4n) is 2.49. The summed E-state index contributed by atoms with van der Waals surface area (Å²) in [5.74, 6) is 0.562. The van der Waals surface area contributed by atoms with Gasteiger partial charge < -0.3 is 15.4 Å². The third kappa shape index (κ3) is 4.74.